The summed E-state index contributed by atoms with van der Waals surface area (Å²) < 4.78 is 13.3. The topological polar surface area (TPSA) is 82.5 Å². The average molecular weight is 410 g/mol. The van der Waals surface area contributed by atoms with Crippen LogP contribution in [0.15, 0.2) is 54.6 Å². The molecule has 0 aliphatic rings. The van der Waals surface area contributed by atoms with Crippen molar-refractivity contribution in [2.45, 2.75) is 39.3 Å². The van der Waals surface area contributed by atoms with Crippen LogP contribution in [0.4, 0.5) is 4.39 Å². The molecule has 0 aliphatic carbocycles. The van der Waals surface area contributed by atoms with Gasteiger partial charge in [-0.1, -0.05) is 39.0 Å². The second-order valence-corrected chi connectivity index (χ2v) is 8.55. The molecule has 3 rings (SSSR count). The number of aromatic nitrogens is 1. The number of para-hydroxylation sites is 1. The van der Waals surface area contributed by atoms with Crippen molar-refractivity contribution in [3.05, 3.63) is 66.0 Å². The minimum absolute atomic E-state index is 0.236. The Morgan fingerprint density at radius 2 is 1.80 bits per heavy atom. The average Bonchev–Trinajstić information content (AvgIpc) is 2.72. The zero-order valence-corrected chi connectivity index (χ0v) is 17.4. The number of rotatable bonds is 6. The zero-order valence-electron chi connectivity index (χ0n) is 17.4. The lowest BCUT2D eigenvalue weighted by Crippen LogP contribution is -2.42. The largest absolute Gasteiger partial charge is 0.394 e. The Balaban J connectivity index is 1.95. The predicted molar refractivity (Wildman–Crippen MR) is 116 cm³/mol. The summed E-state index contributed by atoms with van der Waals surface area (Å²) in [5.41, 5.74) is 1.92. The molecule has 2 atom stereocenters. The van der Waals surface area contributed by atoms with Crippen LogP contribution in [0.3, 0.4) is 0 Å². The lowest BCUT2D eigenvalue weighted by Gasteiger charge is -2.29. The third-order valence-corrected chi connectivity index (χ3v) is 5.16. The van der Waals surface area contributed by atoms with Gasteiger partial charge in [-0.05, 0) is 48.2 Å². The third-order valence-electron chi connectivity index (χ3n) is 5.16. The SMILES string of the molecule is CC(C)(C)C(O)CC(CO)NC(=O)c1cc(-c2ccc(F)cc2)nc2ccccc12. The van der Waals surface area contributed by atoms with Crippen LogP contribution in [0.5, 0.6) is 0 Å². The molecule has 0 spiro atoms. The number of carbonyl (C=O) groups excluding carboxylic acids is 1. The Kier molecular flexibility index (Phi) is 6.48. The van der Waals surface area contributed by atoms with Crippen molar-refractivity contribution >= 4 is 16.8 Å². The second-order valence-electron chi connectivity index (χ2n) is 8.55. The van der Waals surface area contributed by atoms with Gasteiger partial charge in [-0.25, -0.2) is 9.37 Å². The first-order valence-electron chi connectivity index (χ1n) is 9.94. The number of aliphatic hydroxyl groups excluding tert-OH is 2. The number of hydrogen-bond donors (Lipinski definition) is 3. The van der Waals surface area contributed by atoms with E-state index in [1.165, 1.54) is 12.1 Å². The van der Waals surface area contributed by atoms with Gasteiger partial charge in [0.25, 0.3) is 5.91 Å². The molecule has 0 aliphatic heterocycles. The van der Waals surface area contributed by atoms with Crippen LogP contribution in [0.1, 0.15) is 37.6 Å². The van der Waals surface area contributed by atoms with Crippen molar-refractivity contribution in [2.24, 2.45) is 5.41 Å². The molecule has 0 saturated carbocycles. The minimum Gasteiger partial charge on any atom is -0.394 e. The highest BCUT2D eigenvalue weighted by molar-refractivity contribution is 6.07. The number of pyridine rings is 1. The molecule has 158 valence electrons. The predicted octanol–water partition coefficient (Wildman–Crippen LogP) is 3.93. The Morgan fingerprint density at radius 1 is 1.13 bits per heavy atom. The zero-order chi connectivity index (χ0) is 21.9. The van der Waals surface area contributed by atoms with Crippen LogP contribution >= 0.6 is 0 Å². The van der Waals surface area contributed by atoms with E-state index in [9.17, 15) is 19.4 Å². The standard InChI is InChI=1S/C24H27FN2O3/c1-24(2,3)22(29)12-17(14-28)26-23(30)19-13-21(15-8-10-16(25)11-9-15)27-20-7-5-4-6-18(19)20/h4-11,13,17,22,28-29H,12,14H2,1-3H3,(H,26,30). The molecule has 30 heavy (non-hydrogen) atoms. The Morgan fingerprint density at radius 3 is 2.43 bits per heavy atom. The third kappa shape index (κ3) is 5.01. The number of benzene rings is 2. The highest BCUT2D eigenvalue weighted by Crippen LogP contribution is 2.26. The van der Waals surface area contributed by atoms with Crippen LogP contribution in [-0.4, -0.2) is 39.9 Å². The van der Waals surface area contributed by atoms with Crippen molar-refractivity contribution in [3.63, 3.8) is 0 Å². The molecular formula is C24H27FN2O3. The molecule has 0 radical (unpaired) electrons. The summed E-state index contributed by atoms with van der Waals surface area (Å²) in [7, 11) is 0. The smallest absolute Gasteiger partial charge is 0.252 e. The van der Waals surface area contributed by atoms with E-state index in [4.69, 9.17) is 0 Å². The van der Waals surface area contributed by atoms with E-state index in [-0.39, 0.29) is 30.2 Å². The van der Waals surface area contributed by atoms with Gasteiger partial charge in [0.1, 0.15) is 5.82 Å². The van der Waals surface area contributed by atoms with Gasteiger partial charge in [-0.2, -0.15) is 0 Å². The van der Waals surface area contributed by atoms with E-state index in [0.29, 0.717) is 27.7 Å². The van der Waals surface area contributed by atoms with E-state index in [2.05, 4.69) is 10.3 Å². The number of carbonyl (C=O) groups is 1. The molecule has 5 nitrogen and oxygen atoms in total. The van der Waals surface area contributed by atoms with Gasteiger partial charge in [0, 0.05) is 10.9 Å². The van der Waals surface area contributed by atoms with E-state index in [1.54, 1.807) is 18.2 Å². The van der Waals surface area contributed by atoms with Gasteiger partial charge in [-0.3, -0.25) is 4.79 Å². The first-order valence-corrected chi connectivity index (χ1v) is 9.94. The van der Waals surface area contributed by atoms with Crippen molar-refractivity contribution in [3.8, 4) is 11.3 Å². The number of halogens is 1. The fraction of sp³-hybridized carbons (Fsp3) is 0.333. The fourth-order valence-electron chi connectivity index (χ4n) is 3.20. The number of fused-ring (bicyclic) bond motifs is 1. The molecule has 0 fully saturated rings. The van der Waals surface area contributed by atoms with Gasteiger partial charge >= 0.3 is 0 Å². The highest BCUT2D eigenvalue weighted by Gasteiger charge is 2.26. The van der Waals surface area contributed by atoms with Gasteiger partial charge in [-0.15, -0.1) is 0 Å². The molecular weight excluding hydrogens is 383 g/mol. The lowest BCUT2D eigenvalue weighted by atomic mass is 9.85. The number of nitrogens with one attached hydrogen (secondary N) is 1. The summed E-state index contributed by atoms with van der Waals surface area (Å²) in [5.74, 6) is -0.710. The van der Waals surface area contributed by atoms with Crippen LogP contribution in [0, 0.1) is 11.2 Å². The van der Waals surface area contributed by atoms with Crippen LogP contribution < -0.4 is 5.32 Å². The van der Waals surface area contributed by atoms with Gasteiger partial charge < -0.3 is 15.5 Å². The molecule has 3 N–H and O–H groups in total. The Labute approximate surface area is 175 Å². The molecule has 2 aromatic carbocycles. The maximum absolute atomic E-state index is 13.3. The number of aliphatic hydroxyl groups is 2. The fourth-order valence-corrected chi connectivity index (χ4v) is 3.20. The van der Waals surface area contributed by atoms with Crippen molar-refractivity contribution < 1.29 is 19.4 Å². The molecule has 1 heterocycles. The molecule has 1 aromatic heterocycles. The molecule has 3 aromatic rings. The van der Waals surface area contributed by atoms with Crippen LogP contribution in [-0.2, 0) is 0 Å². The van der Waals surface area contributed by atoms with Crippen molar-refractivity contribution in [2.75, 3.05) is 6.61 Å². The van der Waals surface area contributed by atoms with Gasteiger partial charge in [0.05, 0.1) is 35.5 Å². The van der Waals surface area contributed by atoms with Gasteiger partial charge in [0.15, 0.2) is 0 Å². The normalized spacial score (nSPS) is 13.8. The van der Waals surface area contributed by atoms with E-state index in [0.717, 1.165) is 0 Å². The summed E-state index contributed by atoms with van der Waals surface area (Å²) >= 11 is 0. The first kappa shape index (κ1) is 21.9. The quantitative estimate of drug-likeness (QED) is 0.575. The second kappa shape index (κ2) is 8.90. The van der Waals surface area contributed by atoms with Crippen LogP contribution in [0.2, 0.25) is 0 Å². The Hall–Kier alpha value is -2.83. The van der Waals surface area contributed by atoms with Crippen molar-refractivity contribution in [1.82, 2.24) is 10.3 Å². The summed E-state index contributed by atoms with van der Waals surface area (Å²) in [6.07, 6.45) is -0.446. The monoisotopic (exact) mass is 410 g/mol. The lowest BCUT2D eigenvalue weighted by molar-refractivity contribution is 0.0383. The number of hydrogen-bond acceptors (Lipinski definition) is 4. The summed E-state index contributed by atoms with van der Waals surface area (Å²) in [6.45, 7) is 5.42. The van der Waals surface area contributed by atoms with E-state index >= 15 is 0 Å². The molecule has 6 heteroatoms. The molecule has 2 unspecified atom stereocenters. The van der Waals surface area contributed by atoms with E-state index in [1.807, 2.05) is 45.0 Å². The van der Waals surface area contributed by atoms with E-state index < -0.39 is 12.1 Å². The summed E-state index contributed by atoms with van der Waals surface area (Å²) in [4.78, 5) is 17.7. The summed E-state index contributed by atoms with van der Waals surface area (Å²) in [5, 5.41) is 23.6. The maximum atomic E-state index is 13.3. The number of nitrogens with zero attached hydrogens (tertiary/aromatic N) is 1. The van der Waals surface area contributed by atoms with Crippen LogP contribution in [0.25, 0.3) is 22.2 Å². The van der Waals surface area contributed by atoms with Crippen molar-refractivity contribution in [1.29, 1.82) is 0 Å². The minimum atomic E-state index is -0.682. The maximum Gasteiger partial charge on any atom is 0.252 e. The molecule has 0 bridgehead atoms. The summed E-state index contributed by atoms with van der Waals surface area (Å²) in [6, 6.07) is 14.3. The molecule has 0 saturated heterocycles. The molecule has 1 amide bonds. The first-order chi connectivity index (χ1) is 14.2. The number of amides is 1. The highest BCUT2D eigenvalue weighted by atomic mass is 19.1. The Bertz CT molecular complexity index is 1030. The van der Waals surface area contributed by atoms with Gasteiger partial charge in [0.2, 0.25) is 0 Å².